The van der Waals surface area contributed by atoms with Crippen LogP contribution in [0.1, 0.15) is 34.7 Å². The normalized spacial score (nSPS) is 13.8. The van der Waals surface area contributed by atoms with Crippen LogP contribution in [0.25, 0.3) is 11.1 Å². The lowest BCUT2D eigenvalue weighted by Gasteiger charge is -2.21. The van der Waals surface area contributed by atoms with Crippen LogP contribution in [0.3, 0.4) is 0 Å². The highest BCUT2D eigenvalue weighted by Crippen LogP contribution is 2.38. The zero-order chi connectivity index (χ0) is 32.2. The highest BCUT2D eigenvalue weighted by atomic mass is 35.5. The number of amides is 3. The van der Waals surface area contributed by atoms with Gasteiger partial charge in [-0.25, -0.2) is 4.79 Å². The quantitative estimate of drug-likeness (QED) is 0.197. The SMILES string of the molecule is CC(=O)N1CCN(Cc2cc(Cl)c(OCc3cccc(-c4ccc5c(c4)OCCO5)c3C)cc2OCc2cccc(C#N)c2)C1=O. The van der Waals surface area contributed by atoms with E-state index >= 15 is 0 Å². The average molecular weight is 638 g/mol. The molecule has 0 aromatic heterocycles. The van der Waals surface area contributed by atoms with E-state index in [9.17, 15) is 14.9 Å². The average Bonchev–Trinajstić information content (AvgIpc) is 3.44. The van der Waals surface area contributed by atoms with E-state index in [1.807, 2.05) is 36.4 Å². The molecule has 1 fully saturated rings. The van der Waals surface area contributed by atoms with Gasteiger partial charge in [-0.15, -0.1) is 0 Å². The van der Waals surface area contributed by atoms with E-state index in [-0.39, 0.29) is 31.7 Å². The van der Waals surface area contributed by atoms with Gasteiger partial charge in [0.25, 0.3) is 0 Å². The highest BCUT2D eigenvalue weighted by molar-refractivity contribution is 6.32. The van der Waals surface area contributed by atoms with Gasteiger partial charge in [-0.1, -0.05) is 48.0 Å². The molecule has 1 saturated heterocycles. The van der Waals surface area contributed by atoms with E-state index in [1.54, 1.807) is 35.2 Å². The Morgan fingerprint density at radius 3 is 2.48 bits per heavy atom. The predicted octanol–water partition coefficient (Wildman–Crippen LogP) is 6.90. The number of nitrogens with zero attached hydrogens (tertiary/aromatic N) is 3. The zero-order valence-electron chi connectivity index (χ0n) is 25.5. The van der Waals surface area contributed by atoms with Crippen LogP contribution in [0, 0.1) is 18.3 Å². The molecule has 0 N–H and O–H groups in total. The number of hydrogen-bond acceptors (Lipinski definition) is 7. The van der Waals surface area contributed by atoms with Crippen molar-refractivity contribution in [3.05, 3.63) is 106 Å². The Labute approximate surface area is 272 Å². The van der Waals surface area contributed by atoms with Gasteiger partial charge in [-0.2, -0.15) is 5.26 Å². The lowest BCUT2D eigenvalue weighted by atomic mass is 9.96. The third-order valence-electron chi connectivity index (χ3n) is 8.08. The third-order valence-corrected chi connectivity index (χ3v) is 8.38. The second-order valence-electron chi connectivity index (χ2n) is 11.1. The number of carbonyl (C=O) groups is 2. The monoisotopic (exact) mass is 637 g/mol. The van der Waals surface area contributed by atoms with Crippen LogP contribution in [0.15, 0.2) is 72.8 Å². The fraction of sp³-hybridized carbons (Fsp3) is 0.250. The fourth-order valence-electron chi connectivity index (χ4n) is 5.58. The van der Waals surface area contributed by atoms with Crippen molar-refractivity contribution in [2.75, 3.05) is 26.3 Å². The lowest BCUT2D eigenvalue weighted by Crippen LogP contribution is -2.34. The van der Waals surface area contributed by atoms with E-state index in [0.717, 1.165) is 39.3 Å². The minimum Gasteiger partial charge on any atom is -0.488 e. The Kier molecular flexibility index (Phi) is 8.99. The molecule has 234 valence electrons. The zero-order valence-corrected chi connectivity index (χ0v) is 26.3. The molecule has 6 rings (SSSR count). The number of carbonyl (C=O) groups excluding carboxylic acids is 2. The van der Waals surface area contributed by atoms with Gasteiger partial charge in [0.15, 0.2) is 11.5 Å². The summed E-state index contributed by atoms with van der Waals surface area (Å²) in [6.45, 7) is 5.86. The Bertz CT molecular complexity index is 1850. The summed E-state index contributed by atoms with van der Waals surface area (Å²) in [5, 5.41) is 9.67. The van der Waals surface area contributed by atoms with Crippen LogP contribution in [-0.2, 0) is 24.6 Å². The van der Waals surface area contributed by atoms with E-state index < -0.39 is 0 Å². The second-order valence-corrected chi connectivity index (χ2v) is 11.5. The molecule has 4 aromatic carbocycles. The van der Waals surface area contributed by atoms with Crippen molar-refractivity contribution in [2.24, 2.45) is 0 Å². The molecule has 9 nitrogen and oxygen atoms in total. The van der Waals surface area contributed by atoms with Crippen molar-refractivity contribution in [2.45, 2.75) is 33.6 Å². The molecule has 0 atom stereocenters. The number of hydrogen-bond donors (Lipinski definition) is 0. The number of urea groups is 1. The minimum atomic E-state index is -0.356. The number of ether oxygens (including phenoxy) is 4. The van der Waals surface area contributed by atoms with Crippen molar-refractivity contribution in [3.8, 4) is 40.2 Å². The van der Waals surface area contributed by atoms with Gasteiger partial charge in [0.05, 0.1) is 23.2 Å². The highest BCUT2D eigenvalue weighted by Gasteiger charge is 2.32. The molecular formula is C36H32ClN3O6. The van der Waals surface area contributed by atoms with Crippen molar-refractivity contribution in [1.29, 1.82) is 5.26 Å². The number of fused-ring (bicyclic) bond motifs is 1. The van der Waals surface area contributed by atoms with Gasteiger partial charge in [-0.3, -0.25) is 9.69 Å². The molecule has 0 bridgehead atoms. The van der Waals surface area contributed by atoms with Gasteiger partial charge >= 0.3 is 6.03 Å². The predicted molar refractivity (Wildman–Crippen MR) is 172 cm³/mol. The van der Waals surface area contributed by atoms with E-state index in [2.05, 4.69) is 19.1 Å². The summed E-state index contributed by atoms with van der Waals surface area (Å²) < 4.78 is 24.0. The van der Waals surface area contributed by atoms with Gasteiger partial charge in [-0.05, 0) is 65.1 Å². The maximum absolute atomic E-state index is 12.8. The van der Waals surface area contributed by atoms with Gasteiger partial charge < -0.3 is 23.8 Å². The Morgan fingerprint density at radius 1 is 0.913 bits per heavy atom. The van der Waals surface area contributed by atoms with Crippen molar-refractivity contribution >= 4 is 23.5 Å². The third kappa shape index (κ3) is 6.58. The summed E-state index contributed by atoms with van der Waals surface area (Å²) in [6.07, 6.45) is 0. The van der Waals surface area contributed by atoms with Crippen molar-refractivity contribution in [1.82, 2.24) is 9.80 Å². The van der Waals surface area contributed by atoms with Crippen LogP contribution in [0.5, 0.6) is 23.0 Å². The Morgan fingerprint density at radius 2 is 1.70 bits per heavy atom. The smallest absolute Gasteiger partial charge is 0.327 e. The molecule has 0 aliphatic carbocycles. The first-order valence-electron chi connectivity index (χ1n) is 14.9. The van der Waals surface area contributed by atoms with Crippen LogP contribution in [0.4, 0.5) is 4.79 Å². The van der Waals surface area contributed by atoms with Crippen LogP contribution in [0.2, 0.25) is 5.02 Å². The van der Waals surface area contributed by atoms with Crippen LogP contribution < -0.4 is 18.9 Å². The minimum absolute atomic E-state index is 0.188. The van der Waals surface area contributed by atoms with E-state index in [4.69, 9.17) is 30.5 Å². The fourth-order valence-corrected chi connectivity index (χ4v) is 5.82. The summed E-state index contributed by atoms with van der Waals surface area (Å²) >= 11 is 6.75. The Hall–Kier alpha value is -5.20. The molecule has 2 heterocycles. The lowest BCUT2D eigenvalue weighted by molar-refractivity contribution is -0.125. The molecule has 2 aliphatic heterocycles. The standard InChI is InChI=1S/C36H32ClN3O6/c1-23-28(7-4-8-30(23)27-9-10-32-35(17-27)44-14-13-43-32)22-46-34-18-33(45-21-26-6-3-5-25(15-26)19-38)29(16-31(34)37)20-39-11-12-40(24(2)41)36(39)42/h3-10,15-18H,11-14,20-22H2,1-2H3. The summed E-state index contributed by atoms with van der Waals surface area (Å²) in [5.74, 6) is 2.09. The summed E-state index contributed by atoms with van der Waals surface area (Å²) in [6, 6.07) is 24.4. The number of halogens is 1. The summed E-state index contributed by atoms with van der Waals surface area (Å²) in [7, 11) is 0. The van der Waals surface area contributed by atoms with Gasteiger partial charge in [0.2, 0.25) is 5.91 Å². The van der Waals surface area contributed by atoms with Gasteiger partial charge in [0.1, 0.15) is 37.9 Å². The first kappa shape index (κ1) is 30.8. The first-order valence-corrected chi connectivity index (χ1v) is 15.3. The van der Waals surface area contributed by atoms with Gasteiger partial charge in [0, 0.05) is 31.6 Å². The number of nitriles is 1. The number of imide groups is 1. The molecule has 2 aliphatic rings. The van der Waals surface area contributed by atoms with Crippen molar-refractivity contribution < 1.29 is 28.5 Å². The molecule has 0 radical (unpaired) electrons. The van der Waals surface area contributed by atoms with E-state index in [0.29, 0.717) is 54.0 Å². The maximum Gasteiger partial charge on any atom is 0.327 e. The van der Waals surface area contributed by atoms with Crippen LogP contribution in [-0.4, -0.2) is 48.0 Å². The topological polar surface area (TPSA) is 101 Å². The molecule has 46 heavy (non-hydrogen) atoms. The molecule has 0 spiro atoms. The van der Waals surface area contributed by atoms with E-state index in [1.165, 1.54) is 11.8 Å². The maximum atomic E-state index is 12.8. The Balaban J connectivity index is 1.25. The van der Waals surface area contributed by atoms with Crippen LogP contribution >= 0.6 is 11.6 Å². The number of benzene rings is 4. The summed E-state index contributed by atoms with van der Waals surface area (Å²) in [4.78, 5) is 27.5. The largest absolute Gasteiger partial charge is 0.488 e. The molecule has 0 unspecified atom stereocenters. The molecule has 10 heteroatoms. The molecular weight excluding hydrogens is 606 g/mol. The van der Waals surface area contributed by atoms with Crippen molar-refractivity contribution in [3.63, 3.8) is 0 Å². The number of rotatable bonds is 9. The second kappa shape index (κ2) is 13.4. The molecule has 3 amide bonds. The summed E-state index contributed by atoms with van der Waals surface area (Å²) in [5.41, 5.74) is 6.12. The molecule has 4 aromatic rings. The first-order chi connectivity index (χ1) is 22.3. The molecule has 0 saturated carbocycles.